The van der Waals surface area contributed by atoms with E-state index in [1.807, 2.05) is 78.9 Å². The summed E-state index contributed by atoms with van der Waals surface area (Å²) in [6, 6.07) is 20.2. The van der Waals surface area contributed by atoms with E-state index in [0.29, 0.717) is 48.9 Å². The number of hydrogen-bond donors (Lipinski definition) is 9. The molecule has 1 aliphatic carbocycles. The molecule has 3 saturated heterocycles. The van der Waals surface area contributed by atoms with Crippen molar-refractivity contribution < 1.29 is 43.0 Å². The Labute approximate surface area is 472 Å². The van der Waals surface area contributed by atoms with Crippen LogP contribution in [0, 0.1) is 11.8 Å². The topological polar surface area (TPSA) is 280 Å². The zero-order chi connectivity index (χ0) is 56.5. The van der Waals surface area contributed by atoms with Crippen LogP contribution in [-0.4, -0.2) is 138 Å². The van der Waals surface area contributed by atoms with Gasteiger partial charge in [-0.25, -0.2) is 4.79 Å². The lowest BCUT2D eigenvalue weighted by Crippen LogP contribution is -2.62. The number of carbonyl (C=O) groups is 7. The number of aromatic amines is 1. The Hall–Kier alpha value is -7.84. The van der Waals surface area contributed by atoms with Gasteiger partial charge in [0.2, 0.25) is 35.4 Å². The van der Waals surface area contributed by atoms with Crippen molar-refractivity contribution in [3.05, 3.63) is 132 Å². The highest BCUT2D eigenvalue weighted by atomic mass is 16.6. The first-order valence-corrected chi connectivity index (χ1v) is 28.8. The zero-order valence-corrected chi connectivity index (χ0v) is 45.9. The van der Waals surface area contributed by atoms with E-state index < -0.39 is 83.9 Å². The molecule has 5 heterocycles. The van der Waals surface area contributed by atoms with Crippen molar-refractivity contribution in [2.75, 3.05) is 39.3 Å². The van der Waals surface area contributed by atoms with Gasteiger partial charge in [0.05, 0.1) is 13.2 Å². The lowest BCUT2D eigenvalue weighted by molar-refractivity contribution is -0.143. The number of nitrogens with zero attached hydrogens (tertiary/aromatic N) is 2. The number of pyridine rings is 1. The Morgan fingerprint density at radius 2 is 1.31 bits per heavy atom. The molecule has 5 aromatic rings. The summed E-state index contributed by atoms with van der Waals surface area (Å²) in [5.41, 5.74) is 9.35. The summed E-state index contributed by atoms with van der Waals surface area (Å²) in [7, 11) is 0. The molecule has 0 bridgehead atoms. The lowest BCUT2D eigenvalue weighted by atomic mass is 9.90. The van der Waals surface area contributed by atoms with E-state index >= 15 is 28.8 Å². The van der Waals surface area contributed by atoms with Crippen molar-refractivity contribution in [2.45, 2.75) is 132 Å². The zero-order valence-electron chi connectivity index (χ0n) is 45.9. The Kier molecular flexibility index (Phi) is 20.4. The average molecular weight is 1110 g/mol. The van der Waals surface area contributed by atoms with Gasteiger partial charge in [-0.3, -0.25) is 33.8 Å². The van der Waals surface area contributed by atoms with Crippen molar-refractivity contribution in [1.82, 2.24) is 52.1 Å². The summed E-state index contributed by atoms with van der Waals surface area (Å²) in [5, 5.41) is 21.7. The SMILES string of the molecule is NCCNC(=O)O[C@@H]1C[C@H]2C(=O)N[C@H](CCc3ccccc3)C(=O)N[C@H](Cc3c[nH]c4ccccc34)C(=O)N[C@@H](CC3CCNCC3)C(=O)N[C@@H](Cc3ccc(OCC4CCCCC4)cc3)C(=O)N[C@@H](Cc3cccnc3)C(=O)N2C1. The number of hydrogen-bond acceptors (Lipinski definition) is 12. The summed E-state index contributed by atoms with van der Waals surface area (Å²) in [6.07, 6.45) is 10.9. The number of H-pyrrole nitrogens is 1. The fourth-order valence-corrected chi connectivity index (χ4v) is 11.6. The molecule has 1 saturated carbocycles. The summed E-state index contributed by atoms with van der Waals surface area (Å²) in [5.74, 6) is -2.84. The van der Waals surface area contributed by atoms with Crippen molar-refractivity contribution in [3.8, 4) is 5.75 Å². The first-order valence-electron chi connectivity index (χ1n) is 28.8. The minimum Gasteiger partial charge on any atom is -0.493 e. The van der Waals surface area contributed by atoms with Crippen LogP contribution in [0.3, 0.4) is 0 Å². The number of amides is 7. The normalized spacial score (nSPS) is 23.9. The number of carbonyl (C=O) groups excluding carboxylic acids is 7. The number of aryl methyl sites for hydroxylation is 1. The molecule has 0 unspecified atom stereocenters. The van der Waals surface area contributed by atoms with E-state index in [-0.39, 0.29) is 64.1 Å². The highest BCUT2D eigenvalue weighted by Crippen LogP contribution is 2.27. The third kappa shape index (κ3) is 16.2. The lowest BCUT2D eigenvalue weighted by Gasteiger charge is -2.32. The standard InChI is InChI=1S/C61H77N11O9/c62-25-29-65-61(79)81-46-34-54-59(77)67-49(22-19-39-10-3-1-4-11-39)55(73)70-52(33-44-36-66-48-16-8-7-15-47(44)48)58(76)69-51(31-41-23-27-63-28-24-41)56(74)68-50(30-40-17-20-45(21-18-40)80-38-42-12-5-2-6-13-42)57(75)71-53(60(78)72(54)37-46)32-43-14-9-26-64-35-43/h1,3-4,7-11,14-18,20-21,26,35-36,41-42,46,49-54,63,66H,2,5-6,12-13,19,22-25,27-34,37-38,62H2,(H,65,79)(H,67,77)(H,68,74)(H,69,76)(H,70,73)(H,71,75)/t46-,49-,50+,51+,52-,53+,54+/m1/s1. The predicted octanol–water partition coefficient (Wildman–Crippen LogP) is 3.66. The van der Waals surface area contributed by atoms with Crippen LogP contribution >= 0.6 is 0 Å². The Balaban J connectivity index is 1.10. The number of piperidine rings is 1. The maximum atomic E-state index is 15.4. The smallest absolute Gasteiger partial charge is 0.407 e. The van der Waals surface area contributed by atoms with Crippen LogP contribution in [0.1, 0.15) is 86.5 Å². The van der Waals surface area contributed by atoms with Gasteiger partial charge in [-0.2, -0.15) is 0 Å². The van der Waals surface area contributed by atoms with Crippen LogP contribution in [0.2, 0.25) is 0 Å². The van der Waals surface area contributed by atoms with Gasteiger partial charge in [-0.15, -0.1) is 0 Å². The number of fused-ring (bicyclic) bond motifs is 2. The van der Waals surface area contributed by atoms with Crippen molar-refractivity contribution in [1.29, 1.82) is 0 Å². The molecule has 4 fully saturated rings. The van der Waals surface area contributed by atoms with Crippen LogP contribution in [-0.2, 0) is 59.2 Å². The van der Waals surface area contributed by atoms with Crippen LogP contribution < -0.4 is 47.7 Å². The third-order valence-corrected chi connectivity index (χ3v) is 16.1. The third-order valence-electron chi connectivity index (χ3n) is 16.1. The maximum absolute atomic E-state index is 15.4. The second-order valence-electron chi connectivity index (χ2n) is 22.0. The largest absolute Gasteiger partial charge is 0.493 e. The van der Waals surface area contributed by atoms with Gasteiger partial charge in [0, 0.05) is 68.3 Å². The molecule has 20 heteroatoms. The molecule has 2 aromatic heterocycles. The molecular weight excluding hydrogens is 1030 g/mol. The number of rotatable bonds is 17. The van der Waals surface area contributed by atoms with Gasteiger partial charge in [-0.1, -0.05) is 86.0 Å². The van der Waals surface area contributed by atoms with E-state index in [9.17, 15) is 4.79 Å². The van der Waals surface area contributed by atoms with Crippen LogP contribution in [0.25, 0.3) is 10.9 Å². The molecular formula is C61H77N11O9. The number of alkyl carbamates (subject to hydrolysis) is 1. The number of ether oxygens (including phenoxy) is 2. The van der Waals surface area contributed by atoms with E-state index in [1.165, 1.54) is 24.2 Å². The van der Waals surface area contributed by atoms with Gasteiger partial charge in [0.1, 0.15) is 48.1 Å². The second kappa shape index (κ2) is 28.5. The molecule has 81 heavy (non-hydrogen) atoms. The van der Waals surface area contributed by atoms with Crippen LogP contribution in [0.5, 0.6) is 5.75 Å². The number of para-hydroxylation sites is 1. The molecule has 3 aromatic carbocycles. The van der Waals surface area contributed by atoms with Gasteiger partial charge >= 0.3 is 6.09 Å². The van der Waals surface area contributed by atoms with Gasteiger partial charge in [-0.05, 0) is 116 Å². The highest BCUT2D eigenvalue weighted by molar-refractivity contribution is 5.99. The van der Waals surface area contributed by atoms with E-state index in [1.54, 1.807) is 30.7 Å². The molecule has 430 valence electrons. The van der Waals surface area contributed by atoms with Gasteiger partial charge < -0.3 is 62.3 Å². The molecule has 7 atom stereocenters. The van der Waals surface area contributed by atoms with Crippen LogP contribution in [0.15, 0.2) is 110 Å². The molecule has 10 N–H and O–H groups in total. The monoisotopic (exact) mass is 1110 g/mol. The summed E-state index contributed by atoms with van der Waals surface area (Å²) in [6.45, 7) is 2.05. The summed E-state index contributed by atoms with van der Waals surface area (Å²) >= 11 is 0. The van der Waals surface area contributed by atoms with Crippen molar-refractivity contribution >= 4 is 52.4 Å². The van der Waals surface area contributed by atoms with E-state index in [4.69, 9.17) is 15.2 Å². The van der Waals surface area contributed by atoms with Crippen LogP contribution in [0.4, 0.5) is 4.79 Å². The maximum Gasteiger partial charge on any atom is 0.407 e. The molecule has 9 rings (SSSR count). The second-order valence-corrected chi connectivity index (χ2v) is 22.0. The molecule has 0 spiro atoms. The number of nitrogens with two attached hydrogens (primary N) is 1. The quantitative estimate of drug-likeness (QED) is 0.0646. The number of benzene rings is 3. The van der Waals surface area contributed by atoms with Crippen molar-refractivity contribution in [3.63, 3.8) is 0 Å². The van der Waals surface area contributed by atoms with E-state index in [0.717, 1.165) is 47.7 Å². The minimum atomic E-state index is -1.34. The molecule has 0 radical (unpaired) electrons. The molecule has 4 aliphatic rings. The highest BCUT2D eigenvalue weighted by Gasteiger charge is 2.45. The number of aromatic nitrogens is 2. The van der Waals surface area contributed by atoms with Gasteiger partial charge in [0.25, 0.3) is 0 Å². The fourth-order valence-electron chi connectivity index (χ4n) is 11.6. The predicted molar refractivity (Wildman–Crippen MR) is 304 cm³/mol. The van der Waals surface area contributed by atoms with E-state index in [2.05, 4.69) is 47.2 Å². The number of nitrogens with one attached hydrogen (secondary N) is 8. The Morgan fingerprint density at radius 1 is 0.654 bits per heavy atom. The Morgan fingerprint density at radius 3 is 2.05 bits per heavy atom. The summed E-state index contributed by atoms with van der Waals surface area (Å²) < 4.78 is 12.0. The van der Waals surface area contributed by atoms with Gasteiger partial charge in [0.15, 0.2) is 0 Å². The first kappa shape index (κ1) is 57.8. The molecule has 20 nitrogen and oxygen atoms in total. The Bertz CT molecular complexity index is 2910. The molecule has 7 amide bonds. The summed E-state index contributed by atoms with van der Waals surface area (Å²) in [4.78, 5) is 113. The van der Waals surface area contributed by atoms with Crippen molar-refractivity contribution in [2.24, 2.45) is 17.6 Å². The minimum absolute atomic E-state index is 0.00247. The fraction of sp³-hybridized carbons (Fsp3) is 0.475. The molecule has 3 aliphatic heterocycles. The first-order chi connectivity index (χ1) is 39.5. The average Bonchev–Trinajstić information content (AvgIpc) is 4.11.